The molecule has 2 fully saturated rings. The van der Waals surface area contributed by atoms with Crippen molar-refractivity contribution in [1.29, 1.82) is 0 Å². The van der Waals surface area contributed by atoms with Gasteiger partial charge >= 0.3 is 0 Å². The van der Waals surface area contributed by atoms with Crippen LogP contribution in [0.3, 0.4) is 0 Å². The van der Waals surface area contributed by atoms with Crippen molar-refractivity contribution in [3.8, 4) is 0 Å². The summed E-state index contributed by atoms with van der Waals surface area (Å²) in [6.45, 7) is 6.41. The van der Waals surface area contributed by atoms with Gasteiger partial charge in [-0.05, 0) is 26.3 Å². The highest BCUT2D eigenvalue weighted by Gasteiger charge is 2.39. The van der Waals surface area contributed by atoms with Gasteiger partial charge < -0.3 is 10.2 Å². The van der Waals surface area contributed by atoms with Gasteiger partial charge in [0, 0.05) is 18.8 Å². The Morgan fingerprint density at radius 3 is 2.82 bits per heavy atom. The van der Waals surface area contributed by atoms with Crippen LogP contribution in [-0.4, -0.2) is 30.6 Å². The molecule has 0 radical (unpaired) electrons. The summed E-state index contributed by atoms with van der Waals surface area (Å²) in [5, 5.41) is 3.52. The van der Waals surface area contributed by atoms with Crippen LogP contribution in [0.25, 0.3) is 0 Å². The predicted molar refractivity (Wildman–Crippen MR) is 46.4 cm³/mol. The fourth-order valence-corrected chi connectivity index (χ4v) is 2.28. The Bertz CT molecular complexity index is 188. The van der Waals surface area contributed by atoms with E-state index in [-0.39, 0.29) is 0 Å². The molecule has 62 valence electrons. The van der Waals surface area contributed by atoms with Crippen molar-refractivity contribution in [3.63, 3.8) is 0 Å². The first kappa shape index (κ1) is 7.17. The molecule has 2 saturated heterocycles. The second-order valence-corrected chi connectivity index (χ2v) is 4.00. The molecule has 1 atom stereocenters. The minimum absolute atomic E-state index is 0.409. The van der Waals surface area contributed by atoms with Gasteiger partial charge in [-0.25, -0.2) is 0 Å². The lowest BCUT2D eigenvalue weighted by Gasteiger charge is -2.23. The van der Waals surface area contributed by atoms with Crippen molar-refractivity contribution in [2.24, 2.45) is 0 Å². The Kier molecular flexibility index (Phi) is 1.46. The fraction of sp³-hybridized carbons (Fsp3) is 0.778. The van der Waals surface area contributed by atoms with Crippen molar-refractivity contribution in [3.05, 3.63) is 12.3 Å². The first-order valence-electron chi connectivity index (χ1n) is 4.35. The van der Waals surface area contributed by atoms with Crippen LogP contribution in [0.2, 0.25) is 0 Å². The molecule has 0 aromatic heterocycles. The SMILES string of the molecule is C=C1CCC2(CCN(C)C2)N1. The van der Waals surface area contributed by atoms with Crippen LogP contribution in [0.15, 0.2) is 12.3 Å². The van der Waals surface area contributed by atoms with Crippen LogP contribution < -0.4 is 5.32 Å². The molecule has 0 amide bonds. The molecule has 0 aromatic carbocycles. The number of hydrogen-bond donors (Lipinski definition) is 1. The highest BCUT2D eigenvalue weighted by Crippen LogP contribution is 2.32. The normalized spacial score (nSPS) is 38.5. The Hall–Kier alpha value is -0.500. The molecule has 2 aliphatic heterocycles. The summed E-state index contributed by atoms with van der Waals surface area (Å²) in [5.74, 6) is 0. The molecule has 0 aromatic rings. The zero-order valence-electron chi connectivity index (χ0n) is 7.19. The number of nitrogens with one attached hydrogen (secondary N) is 1. The maximum absolute atomic E-state index is 3.97. The zero-order valence-corrected chi connectivity index (χ0v) is 7.19. The number of likely N-dealkylation sites (N-methyl/N-ethyl adjacent to an activating group) is 1. The third-order valence-electron chi connectivity index (χ3n) is 2.89. The highest BCUT2D eigenvalue weighted by molar-refractivity contribution is 5.12. The van der Waals surface area contributed by atoms with Gasteiger partial charge in [-0.2, -0.15) is 0 Å². The van der Waals surface area contributed by atoms with Crippen LogP contribution in [0.4, 0.5) is 0 Å². The lowest BCUT2D eigenvalue weighted by molar-refractivity contribution is 0.348. The molecule has 2 heteroatoms. The standard InChI is InChI=1S/C9H16N2/c1-8-3-4-9(10-8)5-6-11(2)7-9/h10H,1,3-7H2,2H3. The van der Waals surface area contributed by atoms with Gasteiger partial charge in [0.05, 0.1) is 5.54 Å². The lowest BCUT2D eigenvalue weighted by Crippen LogP contribution is -2.40. The third-order valence-corrected chi connectivity index (χ3v) is 2.89. The summed E-state index contributed by atoms with van der Waals surface area (Å²) < 4.78 is 0. The monoisotopic (exact) mass is 152 g/mol. The van der Waals surface area contributed by atoms with E-state index in [1.165, 1.54) is 38.0 Å². The van der Waals surface area contributed by atoms with E-state index in [0.29, 0.717) is 5.54 Å². The topological polar surface area (TPSA) is 15.3 Å². The van der Waals surface area contributed by atoms with Crippen LogP contribution in [0.5, 0.6) is 0 Å². The van der Waals surface area contributed by atoms with E-state index in [2.05, 4.69) is 23.8 Å². The minimum atomic E-state index is 0.409. The summed E-state index contributed by atoms with van der Waals surface area (Å²) in [4.78, 5) is 2.39. The second-order valence-electron chi connectivity index (χ2n) is 4.00. The van der Waals surface area contributed by atoms with Crippen molar-refractivity contribution >= 4 is 0 Å². The summed E-state index contributed by atoms with van der Waals surface area (Å²) in [6, 6.07) is 0. The Morgan fingerprint density at radius 2 is 2.36 bits per heavy atom. The molecule has 0 bridgehead atoms. The quantitative estimate of drug-likeness (QED) is 0.556. The summed E-state index contributed by atoms with van der Waals surface area (Å²) in [5.41, 5.74) is 1.64. The van der Waals surface area contributed by atoms with Crippen LogP contribution in [0.1, 0.15) is 19.3 Å². The van der Waals surface area contributed by atoms with Crippen LogP contribution in [-0.2, 0) is 0 Å². The van der Waals surface area contributed by atoms with Gasteiger partial charge in [-0.15, -0.1) is 0 Å². The van der Waals surface area contributed by atoms with Crippen molar-refractivity contribution in [2.75, 3.05) is 20.1 Å². The highest BCUT2D eigenvalue weighted by atomic mass is 15.2. The Morgan fingerprint density at radius 1 is 1.55 bits per heavy atom. The van der Waals surface area contributed by atoms with E-state index in [1.807, 2.05) is 0 Å². The van der Waals surface area contributed by atoms with Crippen LogP contribution in [0, 0.1) is 0 Å². The molecule has 1 spiro atoms. The molecule has 1 unspecified atom stereocenters. The molecular weight excluding hydrogens is 136 g/mol. The molecule has 2 heterocycles. The van der Waals surface area contributed by atoms with Gasteiger partial charge in [0.2, 0.25) is 0 Å². The average molecular weight is 152 g/mol. The lowest BCUT2D eigenvalue weighted by atomic mass is 9.97. The molecule has 2 aliphatic rings. The molecule has 2 rings (SSSR count). The van der Waals surface area contributed by atoms with Gasteiger partial charge in [-0.1, -0.05) is 6.58 Å². The van der Waals surface area contributed by atoms with E-state index < -0.39 is 0 Å². The Balaban J connectivity index is 2.07. The first-order chi connectivity index (χ1) is 5.20. The molecule has 0 aliphatic carbocycles. The van der Waals surface area contributed by atoms with Gasteiger partial charge in [-0.3, -0.25) is 0 Å². The number of nitrogens with zero attached hydrogens (tertiary/aromatic N) is 1. The van der Waals surface area contributed by atoms with Gasteiger partial charge in [0.15, 0.2) is 0 Å². The molecule has 0 saturated carbocycles. The maximum Gasteiger partial charge on any atom is 0.0513 e. The minimum Gasteiger partial charge on any atom is -0.382 e. The largest absolute Gasteiger partial charge is 0.382 e. The van der Waals surface area contributed by atoms with E-state index in [4.69, 9.17) is 0 Å². The summed E-state index contributed by atoms with van der Waals surface area (Å²) >= 11 is 0. The van der Waals surface area contributed by atoms with Crippen LogP contribution >= 0.6 is 0 Å². The first-order valence-corrected chi connectivity index (χ1v) is 4.35. The molecule has 1 N–H and O–H groups in total. The number of likely N-dealkylation sites (tertiary alicyclic amines) is 1. The van der Waals surface area contributed by atoms with Crippen molar-refractivity contribution in [1.82, 2.24) is 10.2 Å². The Labute approximate surface area is 68.3 Å². The number of rotatable bonds is 0. The second kappa shape index (κ2) is 2.24. The predicted octanol–water partition coefficient (Wildman–Crippen LogP) is 0.958. The molecular formula is C9H16N2. The number of hydrogen-bond acceptors (Lipinski definition) is 2. The van der Waals surface area contributed by atoms with Crippen molar-refractivity contribution in [2.45, 2.75) is 24.8 Å². The fourth-order valence-electron chi connectivity index (χ4n) is 2.28. The average Bonchev–Trinajstić information content (AvgIpc) is 2.44. The van der Waals surface area contributed by atoms with Crippen molar-refractivity contribution < 1.29 is 0 Å². The molecule has 11 heavy (non-hydrogen) atoms. The molecule has 2 nitrogen and oxygen atoms in total. The van der Waals surface area contributed by atoms with E-state index >= 15 is 0 Å². The summed E-state index contributed by atoms with van der Waals surface area (Å²) in [6.07, 6.45) is 3.76. The maximum atomic E-state index is 3.97. The third kappa shape index (κ3) is 1.16. The zero-order chi connectivity index (χ0) is 7.90. The summed E-state index contributed by atoms with van der Waals surface area (Å²) in [7, 11) is 2.19. The van der Waals surface area contributed by atoms with E-state index in [1.54, 1.807) is 0 Å². The van der Waals surface area contributed by atoms with Gasteiger partial charge in [0.1, 0.15) is 0 Å². The number of allylic oxidation sites excluding steroid dienone is 1. The van der Waals surface area contributed by atoms with E-state index in [0.717, 1.165) is 0 Å². The van der Waals surface area contributed by atoms with Gasteiger partial charge in [0.25, 0.3) is 0 Å². The smallest absolute Gasteiger partial charge is 0.0513 e. The van der Waals surface area contributed by atoms with E-state index in [9.17, 15) is 0 Å².